The van der Waals surface area contributed by atoms with Gasteiger partial charge in [-0.1, -0.05) is 26.8 Å². The standard InChI is InChI=1S/C22H27FO5/c1-10-6-13-12-8-15(23)14-7-11(24)4-5-21(14,2)18(12)16(25)9-22(13,3)17(10)19(26)20(27)28/h4-5,7,10,12-13,15-18,25H,6,8-9H2,1-3H3,(H,27,28). The number of rotatable bonds is 2. The fourth-order valence-corrected chi connectivity index (χ4v) is 7.39. The summed E-state index contributed by atoms with van der Waals surface area (Å²) < 4.78 is 15.2. The third-order valence-corrected chi connectivity index (χ3v) is 8.31. The minimum atomic E-state index is -1.44. The summed E-state index contributed by atoms with van der Waals surface area (Å²) in [5.41, 5.74) is -0.969. The van der Waals surface area contributed by atoms with Gasteiger partial charge in [-0.2, -0.15) is 0 Å². The molecule has 6 heteroatoms. The first-order chi connectivity index (χ1) is 13.0. The first-order valence-corrected chi connectivity index (χ1v) is 10.0. The molecule has 152 valence electrons. The van der Waals surface area contributed by atoms with Crippen molar-refractivity contribution < 1.29 is 29.0 Å². The predicted octanol–water partition coefficient (Wildman–Crippen LogP) is 2.73. The molecule has 0 saturated heterocycles. The number of allylic oxidation sites excluding steroid dienone is 4. The largest absolute Gasteiger partial charge is 0.475 e. The molecule has 28 heavy (non-hydrogen) atoms. The van der Waals surface area contributed by atoms with Gasteiger partial charge in [0.2, 0.25) is 5.78 Å². The zero-order valence-electron chi connectivity index (χ0n) is 16.4. The van der Waals surface area contributed by atoms with Gasteiger partial charge >= 0.3 is 5.97 Å². The van der Waals surface area contributed by atoms with Gasteiger partial charge in [0.05, 0.1) is 6.10 Å². The highest BCUT2D eigenvalue weighted by Crippen LogP contribution is 2.67. The Morgan fingerprint density at radius 3 is 2.57 bits per heavy atom. The number of alkyl halides is 1. The van der Waals surface area contributed by atoms with Gasteiger partial charge in [0.15, 0.2) is 5.78 Å². The van der Waals surface area contributed by atoms with Crippen LogP contribution in [0.25, 0.3) is 0 Å². The highest BCUT2D eigenvalue weighted by atomic mass is 19.1. The maximum absolute atomic E-state index is 15.2. The van der Waals surface area contributed by atoms with Crippen LogP contribution in [0.3, 0.4) is 0 Å². The molecule has 0 aromatic rings. The van der Waals surface area contributed by atoms with E-state index in [1.165, 1.54) is 12.2 Å². The van der Waals surface area contributed by atoms with Gasteiger partial charge in [-0.15, -0.1) is 0 Å². The third-order valence-electron chi connectivity index (χ3n) is 8.31. The number of Topliss-reactive ketones (excluding diaryl/α,β-unsaturated/α-hetero) is 1. The molecule has 2 N–H and O–H groups in total. The Hall–Kier alpha value is -1.82. The average molecular weight is 390 g/mol. The van der Waals surface area contributed by atoms with Gasteiger partial charge in [-0.3, -0.25) is 9.59 Å². The molecular weight excluding hydrogens is 363 g/mol. The normalized spacial score (nSPS) is 49.7. The monoisotopic (exact) mass is 390 g/mol. The molecule has 0 spiro atoms. The van der Waals surface area contributed by atoms with Crippen LogP contribution in [0.1, 0.15) is 40.0 Å². The predicted molar refractivity (Wildman–Crippen MR) is 99.0 cm³/mol. The van der Waals surface area contributed by atoms with Crippen molar-refractivity contribution in [2.45, 2.75) is 52.3 Å². The van der Waals surface area contributed by atoms with Crippen LogP contribution in [0.4, 0.5) is 4.39 Å². The van der Waals surface area contributed by atoms with E-state index in [-0.39, 0.29) is 35.9 Å². The van der Waals surface area contributed by atoms with Crippen LogP contribution in [0.15, 0.2) is 23.8 Å². The van der Waals surface area contributed by atoms with E-state index in [0.717, 1.165) is 0 Å². The lowest BCUT2D eigenvalue weighted by Gasteiger charge is -2.59. The first-order valence-electron chi connectivity index (χ1n) is 10.0. The summed E-state index contributed by atoms with van der Waals surface area (Å²) in [6.45, 7) is 5.67. The Balaban J connectivity index is 1.77. The van der Waals surface area contributed by atoms with Crippen LogP contribution in [0, 0.1) is 40.4 Å². The molecule has 3 saturated carbocycles. The Morgan fingerprint density at radius 2 is 1.93 bits per heavy atom. The van der Waals surface area contributed by atoms with E-state index in [2.05, 4.69) is 0 Å². The van der Waals surface area contributed by atoms with Crippen molar-refractivity contribution in [3.63, 3.8) is 0 Å². The molecule has 5 nitrogen and oxygen atoms in total. The summed E-state index contributed by atoms with van der Waals surface area (Å²) in [6.07, 6.45) is 3.65. The summed E-state index contributed by atoms with van der Waals surface area (Å²) in [5.74, 6) is -3.72. The van der Waals surface area contributed by atoms with E-state index in [4.69, 9.17) is 0 Å². The lowest BCUT2D eigenvalue weighted by Crippen LogP contribution is -2.58. The SMILES string of the molecule is CC1CC2C3CC(F)C4=CC(=O)C=CC4(C)C3C(O)CC2(C)C1C(=O)C(=O)O. The Kier molecular flexibility index (Phi) is 4.24. The van der Waals surface area contributed by atoms with Crippen molar-refractivity contribution in [1.82, 2.24) is 0 Å². The molecule has 9 atom stereocenters. The van der Waals surface area contributed by atoms with E-state index < -0.39 is 40.8 Å². The van der Waals surface area contributed by atoms with Gasteiger partial charge < -0.3 is 10.2 Å². The summed E-state index contributed by atoms with van der Waals surface area (Å²) in [6, 6.07) is 0. The van der Waals surface area contributed by atoms with Crippen LogP contribution < -0.4 is 0 Å². The van der Waals surface area contributed by atoms with Crippen molar-refractivity contribution in [2.75, 3.05) is 0 Å². The van der Waals surface area contributed by atoms with E-state index in [1.54, 1.807) is 6.08 Å². The lowest BCUT2D eigenvalue weighted by molar-refractivity contribution is -0.159. The number of fused-ring (bicyclic) bond motifs is 5. The molecule has 4 rings (SSSR count). The summed E-state index contributed by atoms with van der Waals surface area (Å²) in [7, 11) is 0. The Morgan fingerprint density at radius 1 is 1.25 bits per heavy atom. The minimum Gasteiger partial charge on any atom is -0.475 e. The Bertz CT molecular complexity index is 816. The number of halogens is 1. The van der Waals surface area contributed by atoms with Gasteiger partial charge in [0, 0.05) is 17.3 Å². The number of carbonyl (C=O) groups is 3. The number of aliphatic hydroxyl groups excluding tert-OH is 1. The third kappa shape index (κ3) is 2.43. The van der Waals surface area contributed by atoms with E-state index >= 15 is 4.39 Å². The molecule has 9 unspecified atom stereocenters. The highest BCUT2D eigenvalue weighted by Gasteiger charge is 2.66. The summed E-state index contributed by atoms with van der Waals surface area (Å²) in [4.78, 5) is 35.7. The topological polar surface area (TPSA) is 91.7 Å². The van der Waals surface area contributed by atoms with Crippen LogP contribution >= 0.6 is 0 Å². The Labute approximate surface area is 163 Å². The van der Waals surface area contributed by atoms with Gasteiger partial charge in [0.25, 0.3) is 0 Å². The van der Waals surface area contributed by atoms with Crippen LogP contribution in [0.2, 0.25) is 0 Å². The van der Waals surface area contributed by atoms with Crippen molar-refractivity contribution >= 4 is 17.5 Å². The summed E-state index contributed by atoms with van der Waals surface area (Å²) in [5, 5.41) is 20.5. The molecule has 0 bridgehead atoms. The second-order valence-electron chi connectivity index (χ2n) is 9.75. The number of carbonyl (C=O) groups excluding carboxylic acids is 2. The number of ketones is 2. The number of aliphatic carboxylic acids is 1. The smallest absolute Gasteiger partial charge is 0.372 e. The second kappa shape index (κ2) is 6.09. The zero-order valence-corrected chi connectivity index (χ0v) is 16.4. The molecule has 0 heterocycles. The second-order valence-corrected chi connectivity index (χ2v) is 9.75. The molecule has 0 amide bonds. The molecule has 0 radical (unpaired) electrons. The van der Waals surface area contributed by atoms with Crippen molar-refractivity contribution in [3.05, 3.63) is 23.8 Å². The van der Waals surface area contributed by atoms with Crippen molar-refractivity contribution in [1.29, 1.82) is 0 Å². The molecule has 3 fully saturated rings. The van der Waals surface area contributed by atoms with Crippen LogP contribution in [0.5, 0.6) is 0 Å². The molecule has 4 aliphatic rings. The minimum absolute atomic E-state index is 0.0353. The molecule has 0 aromatic carbocycles. The molecular formula is C22H27FO5. The quantitative estimate of drug-likeness (QED) is 0.708. The van der Waals surface area contributed by atoms with E-state index in [1.807, 2.05) is 20.8 Å². The average Bonchev–Trinajstić information content (AvgIpc) is 2.85. The van der Waals surface area contributed by atoms with Crippen molar-refractivity contribution in [3.8, 4) is 0 Å². The number of hydrogen-bond donors (Lipinski definition) is 2. The first kappa shape index (κ1) is 19.5. The molecule has 0 aliphatic heterocycles. The van der Waals surface area contributed by atoms with Crippen LogP contribution in [-0.4, -0.2) is 40.0 Å². The fraction of sp³-hybridized carbons (Fsp3) is 0.682. The zero-order chi connectivity index (χ0) is 20.6. The number of carboxylic acid groups (broad SMARTS) is 1. The fourth-order valence-electron chi connectivity index (χ4n) is 7.39. The molecule has 4 aliphatic carbocycles. The highest BCUT2D eigenvalue weighted by molar-refractivity contribution is 6.33. The number of aliphatic hydroxyl groups is 1. The van der Waals surface area contributed by atoms with Crippen molar-refractivity contribution in [2.24, 2.45) is 40.4 Å². The van der Waals surface area contributed by atoms with E-state index in [9.17, 15) is 24.6 Å². The molecule has 0 aromatic heterocycles. The maximum atomic E-state index is 15.2. The van der Waals surface area contributed by atoms with Crippen LogP contribution in [-0.2, 0) is 14.4 Å². The maximum Gasteiger partial charge on any atom is 0.372 e. The number of hydrogen-bond acceptors (Lipinski definition) is 4. The van der Waals surface area contributed by atoms with Gasteiger partial charge in [0.1, 0.15) is 6.17 Å². The number of carboxylic acids is 1. The van der Waals surface area contributed by atoms with E-state index in [0.29, 0.717) is 18.4 Å². The van der Waals surface area contributed by atoms with Gasteiger partial charge in [-0.05, 0) is 60.2 Å². The summed E-state index contributed by atoms with van der Waals surface area (Å²) >= 11 is 0. The lowest BCUT2D eigenvalue weighted by atomic mass is 9.46. The van der Waals surface area contributed by atoms with Gasteiger partial charge in [-0.25, -0.2) is 9.18 Å².